The van der Waals surface area contributed by atoms with Gasteiger partial charge in [0.25, 0.3) is 0 Å². The Kier molecular flexibility index (Phi) is 6.78. The van der Waals surface area contributed by atoms with Crippen LogP contribution in [0.25, 0.3) is 11.3 Å². The Hall–Kier alpha value is -4.11. The Bertz CT molecular complexity index is 1130. The van der Waals surface area contributed by atoms with Gasteiger partial charge in [0.1, 0.15) is 0 Å². The highest BCUT2D eigenvalue weighted by atomic mass is 16.5. The Morgan fingerprint density at radius 1 is 0.625 bits per heavy atom. The van der Waals surface area contributed by atoms with E-state index in [1.54, 1.807) is 0 Å². The zero-order valence-electron chi connectivity index (χ0n) is 18.0. The summed E-state index contributed by atoms with van der Waals surface area (Å²) >= 11 is 0. The Morgan fingerprint density at radius 3 is 1.47 bits per heavy atom. The average Bonchev–Trinajstić information content (AvgIpc) is 2.86. The zero-order valence-corrected chi connectivity index (χ0v) is 18.0. The Labute approximate surface area is 189 Å². The minimum Gasteiger partial charge on any atom is -0.462 e. The summed E-state index contributed by atoms with van der Waals surface area (Å²) in [5.74, 6) is -0.352. The number of para-hydroxylation sites is 2. The first-order valence-electron chi connectivity index (χ1n) is 10.7. The third kappa shape index (κ3) is 4.62. The second kappa shape index (κ2) is 10.3. The van der Waals surface area contributed by atoms with Gasteiger partial charge in [-0.3, -0.25) is 0 Å². The molecule has 0 saturated heterocycles. The van der Waals surface area contributed by atoms with Crippen LogP contribution in [0.5, 0.6) is 0 Å². The maximum Gasteiger partial charge on any atom is 0.340 e. The van der Waals surface area contributed by atoms with Crippen molar-refractivity contribution in [2.45, 2.75) is 6.92 Å². The van der Waals surface area contributed by atoms with Gasteiger partial charge in [-0.2, -0.15) is 0 Å². The molecule has 0 saturated carbocycles. The molecule has 0 heterocycles. The zero-order chi connectivity index (χ0) is 22.2. The molecule has 32 heavy (non-hydrogen) atoms. The summed E-state index contributed by atoms with van der Waals surface area (Å²) in [6, 6.07) is 39.9. The molecule has 0 aliphatic rings. The highest BCUT2D eigenvalue weighted by Gasteiger charge is 2.26. The Morgan fingerprint density at radius 2 is 1.03 bits per heavy atom. The van der Waals surface area contributed by atoms with E-state index in [1.165, 1.54) is 0 Å². The third-order valence-electron chi connectivity index (χ3n) is 5.08. The maximum atomic E-state index is 13.4. The van der Waals surface area contributed by atoms with Gasteiger partial charge in [0.2, 0.25) is 0 Å². The van der Waals surface area contributed by atoms with E-state index in [2.05, 4.69) is 4.90 Å². The Balaban J connectivity index is 2.09. The van der Waals surface area contributed by atoms with E-state index in [0.29, 0.717) is 12.2 Å². The number of rotatable bonds is 7. The lowest BCUT2D eigenvalue weighted by Gasteiger charge is -2.30. The van der Waals surface area contributed by atoms with Gasteiger partial charge in [-0.05, 0) is 42.3 Å². The predicted molar refractivity (Wildman–Crippen MR) is 131 cm³/mol. The molecule has 0 aliphatic carbocycles. The molecule has 0 bridgehead atoms. The van der Waals surface area contributed by atoms with Crippen molar-refractivity contribution in [2.75, 3.05) is 11.5 Å². The molecular weight excluding hydrogens is 394 g/mol. The van der Waals surface area contributed by atoms with Gasteiger partial charge in [-0.1, -0.05) is 97.1 Å². The topological polar surface area (TPSA) is 29.5 Å². The third-order valence-corrected chi connectivity index (χ3v) is 5.08. The SMILES string of the molecule is CCOC(=O)/C(=C(/c1ccccc1)N(c1ccccc1)c1ccccc1)c1ccccc1. The molecule has 0 radical (unpaired) electrons. The molecular formula is C29H25NO2. The van der Waals surface area contributed by atoms with Crippen molar-refractivity contribution in [3.8, 4) is 0 Å². The van der Waals surface area contributed by atoms with Gasteiger partial charge >= 0.3 is 5.97 Å². The molecule has 4 aromatic carbocycles. The van der Waals surface area contributed by atoms with Crippen LogP contribution in [-0.4, -0.2) is 12.6 Å². The van der Waals surface area contributed by atoms with E-state index in [-0.39, 0.29) is 5.97 Å². The van der Waals surface area contributed by atoms with Crippen LogP contribution >= 0.6 is 0 Å². The second-order valence-corrected chi connectivity index (χ2v) is 7.18. The number of hydrogen-bond donors (Lipinski definition) is 0. The summed E-state index contributed by atoms with van der Waals surface area (Å²) in [6.07, 6.45) is 0. The number of hydrogen-bond acceptors (Lipinski definition) is 3. The lowest BCUT2D eigenvalue weighted by Crippen LogP contribution is -2.21. The fraction of sp³-hybridized carbons (Fsp3) is 0.0690. The first-order chi connectivity index (χ1) is 15.8. The van der Waals surface area contributed by atoms with Crippen molar-refractivity contribution >= 4 is 28.6 Å². The summed E-state index contributed by atoms with van der Waals surface area (Å²) in [5.41, 5.74) is 4.93. The standard InChI is InChI=1S/C29H25NO2/c1-2-32-29(31)27(23-15-7-3-8-16-23)28(24-17-9-4-10-18-24)30(25-19-11-5-12-20-25)26-21-13-6-14-22-26/h3-22H,2H2,1H3/b28-27-. The summed E-state index contributed by atoms with van der Waals surface area (Å²) in [5, 5.41) is 0. The van der Waals surface area contributed by atoms with E-state index in [4.69, 9.17) is 4.74 Å². The van der Waals surface area contributed by atoms with E-state index < -0.39 is 0 Å². The largest absolute Gasteiger partial charge is 0.462 e. The van der Waals surface area contributed by atoms with E-state index in [1.807, 2.05) is 128 Å². The molecule has 158 valence electrons. The highest BCUT2D eigenvalue weighted by molar-refractivity contribution is 6.26. The molecule has 0 fully saturated rings. The minimum atomic E-state index is -0.352. The van der Waals surface area contributed by atoms with Crippen molar-refractivity contribution in [3.63, 3.8) is 0 Å². The van der Waals surface area contributed by atoms with E-state index >= 15 is 0 Å². The minimum absolute atomic E-state index is 0.300. The molecule has 0 amide bonds. The second-order valence-electron chi connectivity index (χ2n) is 7.18. The van der Waals surface area contributed by atoms with Crippen LogP contribution < -0.4 is 4.90 Å². The summed E-state index contributed by atoms with van der Waals surface area (Å²) in [4.78, 5) is 15.5. The molecule has 3 nitrogen and oxygen atoms in total. The number of anilines is 2. The first kappa shape index (κ1) is 21.1. The lowest BCUT2D eigenvalue weighted by atomic mass is 9.97. The normalized spacial score (nSPS) is 11.4. The molecule has 0 aliphatic heterocycles. The molecule has 4 aromatic rings. The van der Waals surface area contributed by atoms with Gasteiger partial charge < -0.3 is 9.64 Å². The smallest absolute Gasteiger partial charge is 0.340 e. The van der Waals surface area contributed by atoms with Crippen molar-refractivity contribution in [3.05, 3.63) is 132 Å². The van der Waals surface area contributed by atoms with Crippen molar-refractivity contribution < 1.29 is 9.53 Å². The first-order valence-corrected chi connectivity index (χ1v) is 10.7. The number of carbonyl (C=O) groups is 1. The van der Waals surface area contributed by atoms with E-state index in [9.17, 15) is 4.79 Å². The quantitative estimate of drug-likeness (QED) is 0.184. The monoisotopic (exact) mass is 419 g/mol. The van der Waals surface area contributed by atoms with Gasteiger partial charge in [-0.15, -0.1) is 0 Å². The lowest BCUT2D eigenvalue weighted by molar-refractivity contribution is -0.136. The number of ether oxygens (including phenoxy) is 1. The fourth-order valence-corrected chi connectivity index (χ4v) is 3.70. The maximum absolute atomic E-state index is 13.4. The summed E-state index contributed by atoms with van der Waals surface area (Å²) in [7, 11) is 0. The van der Waals surface area contributed by atoms with Gasteiger partial charge in [-0.25, -0.2) is 4.79 Å². The molecule has 4 rings (SSSR count). The number of esters is 1. The number of nitrogens with zero attached hydrogens (tertiary/aromatic N) is 1. The van der Waals surface area contributed by atoms with Crippen LogP contribution in [0.1, 0.15) is 18.1 Å². The molecule has 0 N–H and O–H groups in total. The van der Waals surface area contributed by atoms with Crippen molar-refractivity contribution in [2.24, 2.45) is 0 Å². The van der Waals surface area contributed by atoms with E-state index in [0.717, 1.165) is 28.2 Å². The highest BCUT2D eigenvalue weighted by Crippen LogP contribution is 2.39. The van der Waals surface area contributed by atoms with Crippen molar-refractivity contribution in [1.82, 2.24) is 0 Å². The number of benzene rings is 4. The summed E-state index contributed by atoms with van der Waals surface area (Å²) in [6.45, 7) is 2.13. The van der Waals surface area contributed by atoms with Crippen LogP contribution in [0, 0.1) is 0 Å². The van der Waals surface area contributed by atoms with Crippen LogP contribution in [0.2, 0.25) is 0 Å². The van der Waals surface area contributed by atoms with Gasteiger partial charge in [0, 0.05) is 11.4 Å². The van der Waals surface area contributed by atoms with Crippen LogP contribution in [0.4, 0.5) is 11.4 Å². The van der Waals surface area contributed by atoms with Gasteiger partial charge in [0.15, 0.2) is 0 Å². The molecule has 0 aromatic heterocycles. The van der Waals surface area contributed by atoms with Crippen molar-refractivity contribution in [1.29, 1.82) is 0 Å². The predicted octanol–water partition coefficient (Wildman–Crippen LogP) is 6.96. The van der Waals surface area contributed by atoms with Crippen LogP contribution in [0.15, 0.2) is 121 Å². The molecule has 3 heteroatoms. The molecule has 0 unspecified atom stereocenters. The molecule has 0 spiro atoms. The fourth-order valence-electron chi connectivity index (χ4n) is 3.70. The number of carbonyl (C=O) groups excluding carboxylic acids is 1. The van der Waals surface area contributed by atoms with Crippen LogP contribution in [0.3, 0.4) is 0 Å². The summed E-state index contributed by atoms with van der Waals surface area (Å²) < 4.78 is 5.56. The van der Waals surface area contributed by atoms with Gasteiger partial charge in [0.05, 0.1) is 17.9 Å². The van der Waals surface area contributed by atoms with Crippen LogP contribution in [-0.2, 0) is 9.53 Å². The molecule has 0 atom stereocenters. The average molecular weight is 420 g/mol.